The summed E-state index contributed by atoms with van der Waals surface area (Å²) in [6.07, 6.45) is -0.332. The molecule has 2 aromatic carbocycles. The fraction of sp³-hybridized carbons (Fsp3) is 0.118. The van der Waals surface area contributed by atoms with Crippen LogP contribution in [0, 0.1) is 17.1 Å². The molecule has 0 radical (unpaired) electrons. The Labute approximate surface area is 132 Å². The third-order valence-electron chi connectivity index (χ3n) is 2.98. The molecule has 0 heterocycles. The van der Waals surface area contributed by atoms with Gasteiger partial charge in [0.2, 0.25) is 11.8 Å². The summed E-state index contributed by atoms with van der Waals surface area (Å²) in [6.45, 7) is 0. The number of hydrogen-bond donors (Lipinski definition) is 2. The van der Waals surface area contributed by atoms with E-state index in [9.17, 15) is 14.0 Å². The Hall–Kier alpha value is -3.20. The van der Waals surface area contributed by atoms with Crippen LogP contribution in [0.25, 0.3) is 0 Å². The van der Waals surface area contributed by atoms with Gasteiger partial charge in [-0.05, 0) is 29.8 Å². The molecular formula is C17H14FN3O2. The maximum atomic E-state index is 13.5. The number of nitrogens with one attached hydrogen (secondary N) is 2. The zero-order valence-corrected chi connectivity index (χ0v) is 12.2. The quantitative estimate of drug-likeness (QED) is 0.890. The van der Waals surface area contributed by atoms with Crippen molar-refractivity contribution in [3.8, 4) is 6.07 Å². The number of nitriles is 1. The number of nitrogens with zero attached hydrogens (tertiary/aromatic N) is 1. The molecule has 2 N–H and O–H groups in total. The van der Waals surface area contributed by atoms with E-state index in [1.165, 1.54) is 6.07 Å². The standard InChI is InChI=1S/C17H14FN3O2/c18-15-7-2-1-4-12(15)10-17(23)21-14-6-3-5-13(11-14)20-16(22)8-9-19/h1-7,11H,8,10H2,(H,20,22)(H,21,23). The second kappa shape index (κ2) is 7.71. The Morgan fingerprint density at radius 3 is 2.30 bits per heavy atom. The molecule has 0 bridgehead atoms. The maximum absolute atomic E-state index is 13.5. The normalized spacial score (nSPS) is 9.74. The summed E-state index contributed by atoms with van der Waals surface area (Å²) in [7, 11) is 0. The molecule has 0 aliphatic rings. The van der Waals surface area contributed by atoms with Gasteiger partial charge in [0.15, 0.2) is 0 Å². The van der Waals surface area contributed by atoms with E-state index >= 15 is 0 Å². The second-order valence-electron chi connectivity index (χ2n) is 4.78. The third kappa shape index (κ3) is 4.93. The lowest BCUT2D eigenvalue weighted by atomic mass is 10.1. The topological polar surface area (TPSA) is 82.0 Å². The van der Waals surface area contributed by atoms with E-state index in [0.717, 1.165) is 0 Å². The summed E-state index contributed by atoms with van der Waals surface area (Å²) in [4.78, 5) is 23.3. The third-order valence-corrected chi connectivity index (χ3v) is 2.98. The first-order chi connectivity index (χ1) is 11.1. The highest BCUT2D eigenvalue weighted by molar-refractivity contribution is 5.95. The van der Waals surface area contributed by atoms with Gasteiger partial charge >= 0.3 is 0 Å². The van der Waals surface area contributed by atoms with Crippen molar-refractivity contribution in [1.29, 1.82) is 5.26 Å². The minimum absolute atomic E-state index is 0.0856. The highest BCUT2D eigenvalue weighted by Crippen LogP contribution is 2.16. The number of rotatable bonds is 5. The molecule has 2 amide bonds. The van der Waals surface area contributed by atoms with E-state index in [1.807, 2.05) is 0 Å². The van der Waals surface area contributed by atoms with Gasteiger partial charge in [0.05, 0.1) is 12.5 Å². The van der Waals surface area contributed by atoms with Gasteiger partial charge in [-0.2, -0.15) is 5.26 Å². The van der Waals surface area contributed by atoms with Crippen molar-refractivity contribution in [3.05, 3.63) is 59.9 Å². The first kappa shape index (κ1) is 16.2. The van der Waals surface area contributed by atoms with Crippen LogP contribution in [0.2, 0.25) is 0 Å². The van der Waals surface area contributed by atoms with E-state index in [4.69, 9.17) is 5.26 Å². The Morgan fingerprint density at radius 1 is 1.00 bits per heavy atom. The molecule has 6 heteroatoms. The van der Waals surface area contributed by atoms with Gasteiger partial charge in [0.25, 0.3) is 0 Å². The Bertz CT molecular complexity index is 768. The van der Waals surface area contributed by atoms with Crippen LogP contribution in [-0.2, 0) is 16.0 Å². The van der Waals surface area contributed by atoms with E-state index in [-0.39, 0.29) is 18.7 Å². The fourth-order valence-electron chi connectivity index (χ4n) is 1.97. The van der Waals surface area contributed by atoms with Crippen molar-refractivity contribution in [2.24, 2.45) is 0 Å². The lowest BCUT2D eigenvalue weighted by molar-refractivity contribution is -0.116. The van der Waals surface area contributed by atoms with Crippen LogP contribution < -0.4 is 10.6 Å². The SMILES string of the molecule is N#CCC(=O)Nc1cccc(NC(=O)Cc2ccccc2F)c1. The largest absolute Gasteiger partial charge is 0.326 e. The summed E-state index contributed by atoms with van der Waals surface area (Å²) in [5.41, 5.74) is 1.25. The summed E-state index contributed by atoms with van der Waals surface area (Å²) >= 11 is 0. The van der Waals surface area contributed by atoms with Gasteiger partial charge in [-0.1, -0.05) is 24.3 Å². The molecule has 0 saturated carbocycles. The van der Waals surface area contributed by atoms with Crippen LogP contribution in [0.3, 0.4) is 0 Å². The summed E-state index contributed by atoms with van der Waals surface area (Å²) in [5.74, 6) is -1.22. The molecule has 0 aliphatic heterocycles. The molecule has 0 saturated heterocycles. The molecule has 2 aromatic rings. The molecule has 0 fully saturated rings. The van der Waals surface area contributed by atoms with Crippen LogP contribution in [0.15, 0.2) is 48.5 Å². The summed E-state index contributed by atoms with van der Waals surface area (Å²) < 4.78 is 13.5. The van der Waals surface area contributed by atoms with Gasteiger partial charge in [0.1, 0.15) is 12.2 Å². The van der Waals surface area contributed by atoms with Gasteiger partial charge in [-0.15, -0.1) is 0 Å². The minimum Gasteiger partial charge on any atom is -0.326 e. The van der Waals surface area contributed by atoms with Crippen LogP contribution in [0.4, 0.5) is 15.8 Å². The van der Waals surface area contributed by atoms with Crippen molar-refractivity contribution in [2.75, 3.05) is 10.6 Å². The second-order valence-corrected chi connectivity index (χ2v) is 4.78. The zero-order valence-electron chi connectivity index (χ0n) is 12.2. The average molecular weight is 311 g/mol. The van der Waals surface area contributed by atoms with Crippen LogP contribution >= 0.6 is 0 Å². The molecule has 5 nitrogen and oxygen atoms in total. The van der Waals surface area contributed by atoms with E-state index in [2.05, 4.69) is 10.6 Å². The van der Waals surface area contributed by atoms with Crippen molar-refractivity contribution in [2.45, 2.75) is 12.8 Å². The number of amides is 2. The molecule has 2 rings (SSSR count). The predicted octanol–water partition coefficient (Wildman–Crippen LogP) is 2.86. The first-order valence-corrected chi connectivity index (χ1v) is 6.88. The molecule has 23 heavy (non-hydrogen) atoms. The van der Waals surface area contributed by atoms with Gasteiger partial charge in [-0.3, -0.25) is 9.59 Å². The molecule has 0 spiro atoms. The Morgan fingerprint density at radius 2 is 1.65 bits per heavy atom. The number of carbonyl (C=O) groups is 2. The number of hydrogen-bond acceptors (Lipinski definition) is 3. The lowest BCUT2D eigenvalue weighted by Gasteiger charge is -2.08. The highest BCUT2D eigenvalue weighted by Gasteiger charge is 2.08. The van der Waals surface area contributed by atoms with E-state index in [1.54, 1.807) is 48.5 Å². The van der Waals surface area contributed by atoms with Crippen molar-refractivity contribution < 1.29 is 14.0 Å². The Kier molecular flexibility index (Phi) is 5.42. The number of halogens is 1. The van der Waals surface area contributed by atoms with Gasteiger partial charge < -0.3 is 10.6 Å². The monoisotopic (exact) mass is 311 g/mol. The van der Waals surface area contributed by atoms with E-state index in [0.29, 0.717) is 16.9 Å². The molecule has 0 aromatic heterocycles. The molecule has 0 aliphatic carbocycles. The molecule has 0 unspecified atom stereocenters. The van der Waals surface area contributed by atoms with E-state index < -0.39 is 11.7 Å². The summed E-state index contributed by atoms with van der Waals surface area (Å²) in [6, 6.07) is 14.3. The fourth-order valence-corrected chi connectivity index (χ4v) is 1.97. The van der Waals surface area contributed by atoms with Crippen LogP contribution in [0.5, 0.6) is 0 Å². The van der Waals surface area contributed by atoms with Crippen LogP contribution in [-0.4, -0.2) is 11.8 Å². The summed E-state index contributed by atoms with van der Waals surface area (Å²) in [5, 5.41) is 13.6. The van der Waals surface area contributed by atoms with Gasteiger partial charge in [0, 0.05) is 11.4 Å². The maximum Gasteiger partial charge on any atom is 0.238 e. The van der Waals surface area contributed by atoms with Gasteiger partial charge in [-0.25, -0.2) is 4.39 Å². The number of benzene rings is 2. The minimum atomic E-state index is -0.430. The Balaban J connectivity index is 2.00. The van der Waals surface area contributed by atoms with Crippen molar-refractivity contribution >= 4 is 23.2 Å². The van der Waals surface area contributed by atoms with Crippen LogP contribution in [0.1, 0.15) is 12.0 Å². The number of anilines is 2. The number of carbonyl (C=O) groups excluding carboxylic acids is 2. The van der Waals surface area contributed by atoms with Crippen molar-refractivity contribution in [1.82, 2.24) is 0 Å². The molecule has 0 atom stereocenters. The van der Waals surface area contributed by atoms with Crippen molar-refractivity contribution in [3.63, 3.8) is 0 Å². The molecule has 116 valence electrons. The lowest BCUT2D eigenvalue weighted by Crippen LogP contribution is -2.15. The molecular weight excluding hydrogens is 297 g/mol. The zero-order chi connectivity index (χ0) is 16.7. The highest BCUT2D eigenvalue weighted by atomic mass is 19.1. The predicted molar refractivity (Wildman–Crippen MR) is 84.0 cm³/mol. The smallest absolute Gasteiger partial charge is 0.238 e. The average Bonchev–Trinajstić information content (AvgIpc) is 2.50. The first-order valence-electron chi connectivity index (χ1n) is 6.88.